The molecule has 51 heavy (non-hydrogen) atoms. The molecule has 0 spiro atoms. The third-order valence-electron chi connectivity index (χ3n) is 10.4. The van der Waals surface area contributed by atoms with E-state index in [1.807, 2.05) is 54.6 Å². The van der Waals surface area contributed by atoms with Crippen molar-refractivity contribution in [1.82, 2.24) is 19.5 Å². The Hall–Kier alpha value is -6.53. The minimum Gasteiger partial charge on any atom is -0.456 e. The van der Waals surface area contributed by atoms with Crippen LogP contribution in [0.25, 0.3) is 102 Å². The van der Waals surface area contributed by atoms with Gasteiger partial charge in [0, 0.05) is 49.4 Å². The first-order valence-corrected chi connectivity index (χ1v) is 17.6. The van der Waals surface area contributed by atoms with Gasteiger partial charge >= 0.3 is 0 Å². The van der Waals surface area contributed by atoms with Crippen molar-refractivity contribution in [3.05, 3.63) is 137 Å². The number of allylic oxidation sites excluding steroid dienone is 1. The number of hydrogen-bond donors (Lipinski definition) is 0. The maximum Gasteiger partial charge on any atom is 0.167 e. The fourth-order valence-electron chi connectivity index (χ4n) is 8.02. The number of benzene rings is 5. The highest BCUT2D eigenvalue weighted by atomic mass is 16.3. The monoisotopic (exact) mass is 658 g/mol. The molecule has 2 aliphatic rings. The zero-order chi connectivity index (χ0) is 33.5. The van der Waals surface area contributed by atoms with Crippen molar-refractivity contribution in [1.29, 1.82) is 0 Å². The van der Waals surface area contributed by atoms with Gasteiger partial charge < -0.3 is 13.4 Å². The lowest BCUT2D eigenvalue weighted by Gasteiger charge is -2.13. The van der Waals surface area contributed by atoms with Crippen LogP contribution in [0, 0.1) is 0 Å². The van der Waals surface area contributed by atoms with E-state index in [4.69, 9.17) is 23.8 Å². The molecular formula is C45H30N4O2. The van der Waals surface area contributed by atoms with Crippen LogP contribution in [0.2, 0.25) is 0 Å². The lowest BCUT2D eigenvalue weighted by Crippen LogP contribution is -2.31. The van der Waals surface area contributed by atoms with Crippen molar-refractivity contribution in [3.8, 4) is 39.9 Å². The van der Waals surface area contributed by atoms with Gasteiger partial charge in [0.25, 0.3) is 0 Å². The standard InChI is InChI=1S/C45H30N4O2/c1-5-19-37-30(13-1)31-14-2-6-20-38(31)49(37)29-12-9-11-27(25-29)43-46-44(28-23-24-34-32-15-3-7-21-39(32)50-41(34)26-28)48-45(47-43)36-18-10-17-35-33-16-4-8-22-40(33)51-42(35)36/h3-5,7-12,14-26H,1-2,6,13H2. The van der Waals surface area contributed by atoms with Crippen molar-refractivity contribution >= 4 is 62.1 Å². The summed E-state index contributed by atoms with van der Waals surface area (Å²) in [4.78, 5) is 15.4. The third kappa shape index (κ3) is 4.39. The zero-order valence-corrected chi connectivity index (χ0v) is 27.6. The summed E-state index contributed by atoms with van der Waals surface area (Å²) in [6.07, 6.45) is 13.6. The fourth-order valence-corrected chi connectivity index (χ4v) is 8.02. The Labute approximate surface area is 292 Å². The molecule has 6 heteroatoms. The van der Waals surface area contributed by atoms with Crippen LogP contribution in [0.15, 0.2) is 124 Å². The summed E-state index contributed by atoms with van der Waals surface area (Å²) in [6, 6.07) is 37.2. The molecule has 5 aromatic carbocycles. The lowest BCUT2D eigenvalue weighted by molar-refractivity contribution is 0.668. The molecule has 6 nitrogen and oxygen atoms in total. The normalized spacial score (nSPS) is 13.8. The predicted molar refractivity (Wildman–Crippen MR) is 205 cm³/mol. The summed E-state index contributed by atoms with van der Waals surface area (Å²) in [7, 11) is 0. The summed E-state index contributed by atoms with van der Waals surface area (Å²) in [6.45, 7) is 0. The number of aromatic nitrogens is 4. The third-order valence-corrected chi connectivity index (χ3v) is 10.4. The smallest absolute Gasteiger partial charge is 0.167 e. The van der Waals surface area contributed by atoms with E-state index < -0.39 is 0 Å². The van der Waals surface area contributed by atoms with Crippen molar-refractivity contribution < 1.29 is 8.83 Å². The quantitative estimate of drug-likeness (QED) is 0.188. The second kappa shape index (κ2) is 11.0. The molecule has 0 fully saturated rings. The molecule has 0 aliphatic heterocycles. The summed E-state index contributed by atoms with van der Waals surface area (Å²) in [5.41, 5.74) is 9.62. The van der Waals surface area contributed by atoms with Gasteiger partial charge in [0.05, 0.1) is 5.56 Å². The first kappa shape index (κ1) is 28.3. The van der Waals surface area contributed by atoms with E-state index >= 15 is 0 Å². The van der Waals surface area contributed by atoms with E-state index in [0.29, 0.717) is 17.5 Å². The Balaban J connectivity index is 1.13. The fraction of sp³-hybridized carbons (Fsp3) is 0.0889. The van der Waals surface area contributed by atoms with Crippen molar-refractivity contribution in [3.63, 3.8) is 0 Å². The van der Waals surface area contributed by atoms with E-state index in [9.17, 15) is 0 Å². The van der Waals surface area contributed by atoms with Gasteiger partial charge in [0.1, 0.15) is 22.3 Å². The van der Waals surface area contributed by atoms with E-state index in [0.717, 1.165) is 91.9 Å². The highest BCUT2D eigenvalue weighted by Crippen LogP contribution is 2.37. The van der Waals surface area contributed by atoms with Crippen LogP contribution in [-0.4, -0.2) is 19.5 Å². The molecular weight excluding hydrogens is 629 g/mol. The summed E-state index contributed by atoms with van der Waals surface area (Å²) in [5, 5.41) is 6.90. The van der Waals surface area contributed by atoms with E-state index in [1.165, 1.54) is 21.8 Å². The molecule has 0 atom stereocenters. The Bertz CT molecular complexity index is 3050. The maximum atomic E-state index is 6.46. The van der Waals surface area contributed by atoms with E-state index in [-0.39, 0.29) is 0 Å². The van der Waals surface area contributed by atoms with Gasteiger partial charge in [0.2, 0.25) is 0 Å². The zero-order valence-electron chi connectivity index (χ0n) is 27.6. The van der Waals surface area contributed by atoms with Crippen LogP contribution in [0.1, 0.15) is 30.5 Å². The second-order valence-electron chi connectivity index (χ2n) is 13.4. The van der Waals surface area contributed by atoms with Crippen LogP contribution in [0.4, 0.5) is 0 Å². The van der Waals surface area contributed by atoms with Gasteiger partial charge in [-0.2, -0.15) is 0 Å². The average molecular weight is 659 g/mol. The van der Waals surface area contributed by atoms with Gasteiger partial charge in [-0.1, -0.05) is 85.0 Å². The molecule has 242 valence electrons. The Morgan fingerprint density at radius 1 is 0.549 bits per heavy atom. The van der Waals surface area contributed by atoms with Crippen molar-refractivity contribution in [2.24, 2.45) is 0 Å². The Morgan fingerprint density at radius 2 is 1.25 bits per heavy atom. The van der Waals surface area contributed by atoms with Crippen LogP contribution >= 0.6 is 0 Å². The van der Waals surface area contributed by atoms with Crippen LogP contribution in [0.5, 0.6) is 0 Å². The molecule has 4 heterocycles. The average Bonchev–Trinajstić information content (AvgIpc) is 3.87. The first-order chi connectivity index (χ1) is 25.3. The number of furan rings is 2. The van der Waals surface area contributed by atoms with Gasteiger partial charge in [-0.15, -0.1) is 0 Å². The first-order valence-electron chi connectivity index (χ1n) is 17.6. The molecule has 0 unspecified atom stereocenters. The minimum absolute atomic E-state index is 0.552. The predicted octanol–water partition coefficient (Wildman–Crippen LogP) is 9.78. The highest BCUT2D eigenvalue weighted by molar-refractivity contribution is 6.09. The molecule has 0 amide bonds. The maximum absolute atomic E-state index is 6.46. The molecule has 11 rings (SSSR count). The molecule has 9 aromatic rings. The SMILES string of the molecule is C1=Cc2c(c3c(n2-c2cccc(-c4nc(-c5ccc6c(c5)oc5ccccc56)nc(-c5cccc6c5oc5ccccc56)n4)c2)=CCCC=3)CC1. The molecule has 0 saturated heterocycles. The Kier molecular flexibility index (Phi) is 6.10. The van der Waals surface area contributed by atoms with Crippen LogP contribution in [-0.2, 0) is 6.42 Å². The largest absolute Gasteiger partial charge is 0.456 e. The number of para-hydroxylation sites is 3. The molecule has 0 bridgehead atoms. The van der Waals surface area contributed by atoms with E-state index in [1.54, 1.807) is 0 Å². The Morgan fingerprint density at radius 3 is 2.14 bits per heavy atom. The minimum atomic E-state index is 0.552. The number of rotatable bonds is 4. The molecule has 0 N–H and O–H groups in total. The number of hydrogen-bond acceptors (Lipinski definition) is 5. The van der Waals surface area contributed by atoms with Gasteiger partial charge in [-0.3, -0.25) is 0 Å². The summed E-state index contributed by atoms with van der Waals surface area (Å²) >= 11 is 0. The lowest BCUT2D eigenvalue weighted by atomic mass is 10.0. The second-order valence-corrected chi connectivity index (χ2v) is 13.4. The summed E-state index contributed by atoms with van der Waals surface area (Å²) < 4.78 is 15.2. The van der Waals surface area contributed by atoms with Crippen LogP contribution in [0.3, 0.4) is 0 Å². The molecule has 2 aliphatic carbocycles. The summed E-state index contributed by atoms with van der Waals surface area (Å²) in [5.74, 6) is 1.71. The van der Waals surface area contributed by atoms with Gasteiger partial charge in [-0.05, 0) is 85.0 Å². The van der Waals surface area contributed by atoms with E-state index in [2.05, 4.69) is 83.5 Å². The number of fused-ring (bicyclic) bond motifs is 9. The highest BCUT2D eigenvalue weighted by Gasteiger charge is 2.21. The number of nitrogens with zero attached hydrogens (tertiary/aromatic N) is 4. The molecule has 0 radical (unpaired) electrons. The molecule has 4 aromatic heterocycles. The van der Waals surface area contributed by atoms with Gasteiger partial charge in [-0.25, -0.2) is 15.0 Å². The van der Waals surface area contributed by atoms with Crippen molar-refractivity contribution in [2.75, 3.05) is 0 Å². The van der Waals surface area contributed by atoms with Gasteiger partial charge in [0.15, 0.2) is 17.5 Å². The topological polar surface area (TPSA) is 69.9 Å². The molecule has 0 saturated carbocycles. The van der Waals surface area contributed by atoms with Crippen LogP contribution < -0.4 is 10.6 Å². The van der Waals surface area contributed by atoms with Crippen molar-refractivity contribution in [2.45, 2.75) is 25.7 Å².